The number of rotatable bonds is 6. The lowest BCUT2D eigenvalue weighted by molar-refractivity contribution is -0.143. The molecular formula is C8H18N2O3. The van der Waals surface area contributed by atoms with Crippen molar-refractivity contribution >= 4 is 5.97 Å². The van der Waals surface area contributed by atoms with E-state index in [4.69, 9.17) is 15.6 Å². The summed E-state index contributed by atoms with van der Waals surface area (Å²) in [5, 5.41) is 8.73. The molecule has 0 aliphatic rings. The third-order valence-electron chi connectivity index (χ3n) is 1.76. The third-order valence-corrected chi connectivity index (χ3v) is 1.76. The van der Waals surface area contributed by atoms with Crippen LogP contribution in [0.1, 0.15) is 6.92 Å². The van der Waals surface area contributed by atoms with Gasteiger partial charge in [-0.25, -0.2) is 0 Å². The lowest BCUT2D eigenvalue weighted by Gasteiger charge is -2.25. The molecule has 0 rings (SSSR count). The Hall–Kier alpha value is -0.650. The van der Waals surface area contributed by atoms with Crippen LogP contribution in [0.25, 0.3) is 0 Å². The van der Waals surface area contributed by atoms with Gasteiger partial charge in [0.05, 0.1) is 6.61 Å². The van der Waals surface area contributed by atoms with Gasteiger partial charge in [-0.05, 0) is 14.0 Å². The minimum absolute atomic E-state index is 0.311. The van der Waals surface area contributed by atoms with Crippen molar-refractivity contribution in [1.82, 2.24) is 4.90 Å². The highest BCUT2D eigenvalue weighted by Crippen LogP contribution is 2.01. The van der Waals surface area contributed by atoms with Crippen molar-refractivity contribution in [2.75, 3.05) is 33.9 Å². The van der Waals surface area contributed by atoms with Gasteiger partial charge in [0.2, 0.25) is 0 Å². The van der Waals surface area contributed by atoms with Crippen LogP contribution in [0.4, 0.5) is 0 Å². The van der Waals surface area contributed by atoms with Gasteiger partial charge in [0.1, 0.15) is 5.54 Å². The third kappa shape index (κ3) is 4.82. The van der Waals surface area contributed by atoms with Crippen LogP contribution in [0.3, 0.4) is 0 Å². The van der Waals surface area contributed by atoms with Gasteiger partial charge in [-0.3, -0.25) is 4.79 Å². The van der Waals surface area contributed by atoms with E-state index in [-0.39, 0.29) is 0 Å². The van der Waals surface area contributed by atoms with Crippen molar-refractivity contribution in [3.63, 3.8) is 0 Å². The molecule has 3 N–H and O–H groups in total. The molecule has 0 spiro atoms. The maximum atomic E-state index is 10.6. The molecule has 0 saturated heterocycles. The number of ether oxygens (including phenoxy) is 1. The monoisotopic (exact) mass is 190 g/mol. The summed E-state index contributed by atoms with van der Waals surface area (Å²) in [5.74, 6) is -0.989. The highest BCUT2D eigenvalue weighted by atomic mass is 16.5. The Balaban J connectivity index is 3.89. The molecule has 13 heavy (non-hydrogen) atoms. The van der Waals surface area contributed by atoms with E-state index in [1.165, 1.54) is 6.92 Å². The smallest absolute Gasteiger partial charge is 0.324 e. The van der Waals surface area contributed by atoms with Crippen molar-refractivity contribution in [2.45, 2.75) is 12.5 Å². The summed E-state index contributed by atoms with van der Waals surface area (Å²) >= 11 is 0. The number of carboxylic acids is 1. The average Bonchev–Trinajstić information content (AvgIpc) is 1.99. The zero-order valence-electron chi connectivity index (χ0n) is 8.41. The lowest BCUT2D eigenvalue weighted by Crippen LogP contribution is -2.53. The van der Waals surface area contributed by atoms with Gasteiger partial charge >= 0.3 is 5.97 Å². The van der Waals surface area contributed by atoms with E-state index < -0.39 is 11.5 Å². The Kier molecular flexibility index (Phi) is 4.90. The Morgan fingerprint density at radius 1 is 1.69 bits per heavy atom. The van der Waals surface area contributed by atoms with Gasteiger partial charge in [0, 0.05) is 20.2 Å². The molecule has 78 valence electrons. The van der Waals surface area contributed by atoms with Crippen molar-refractivity contribution < 1.29 is 14.6 Å². The molecular weight excluding hydrogens is 172 g/mol. The van der Waals surface area contributed by atoms with Crippen molar-refractivity contribution in [3.8, 4) is 0 Å². The molecule has 0 fully saturated rings. The summed E-state index contributed by atoms with van der Waals surface area (Å²) in [6, 6.07) is 0. The minimum atomic E-state index is -1.19. The molecule has 5 heteroatoms. The molecule has 1 atom stereocenters. The number of nitrogens with zero attached hydrogens (tertiary/aromatic N) is 1. The largest absolute Gasteiger partial charge is 0.480 e. The molecule has 1 unspecified atom stereocenters. The topological polar surface area (TPSA) is 75.8 Å². The molecule has 0 bridgehead atoms. The Labute approximate surface area is 78.5 Å². The highest BCUT2D eigenvalue weighted by molar-refractivity contribution is 5.78. The van der Waals surface area contributed by atoms with Gasteiger partial charge < -0.3 is 20.5 Å². The SMILES string of the molecule is COCCN(C)CC(C)(N)C(=O)O. The second-order valence-corrected chi connectivity index (χ2v) is 3.45. The predicted octanol–water partition coefficient (Wildman–Crippen LogP) is -0.633. The minimum Gasteiger partial charge on any atom is -0.480 e. The van der Waals surface area contributed by atoms with Gasteiger partial charge in [-0.1, -0.05) is 0 Å². The second-order valence-electron chi connectivity index (χ2n) is 3.45. The molecule has 0 amide bonds. The van der Waals surface area contributed by atoms with Gasteiger partial charge in [-0.2, -0.15) is 0 Å². The van der Waals surface area contributed by atoms with Crippen molar-refractivity contribution in [2.24, 2.45) is 5.73 Å². The number of likely N-dealkylation sites (N-methyl/N-ethyl adjacent to an activating group) is 1. The van der Waals surface area contributed by atoms with Crippen LogP contribution in [0.15, 0.2) is 0 Å². The van der Waals surface area contributed by atoms with E-state index >= 15 is 0 Å². The fourth-order valence-corrected chi connectivity index (χ4v) is 0.955. The standard InChI is InChI=1S/C8H18N2O3/c1-8(9,7(11)12)6-10(2)4-5-13-3/h4-6,9H2,1-3H3,(H,11,12). The molecule has 5 nitrogen and oxygen atoms in total. The molecule has 0 aromatic carbocycles. The first-order valence-corrected chi connectivity index (χ1v) is 4.10. The van der Waals surface area contributed by atoms with Crippen LogP contribution in [0.5, 0.6) is 0 Å². The maximum Gasteiger partial charge on any atom is 0.324 e. The maximum absolute atomic E-state index is 10.6. The summed E-state index contributed by atoms with van der Waals surface area (Å²) in [6.45, 7) is 3.06. The molecule has 0 aliphatic carbocycles. The van der Waals surface area contributed by atoms with Crippen molar-refractivity contribution in [3.05, 3.63) is 0 Å². The molecule has 0 aliphatic heterocycles. The predicted molar refractivity (Wildman–Crippen MR) is 49.6 cm³/mol. The summed E-state index contributed by atoms with van der Waals surface area (Å²) in [4.78, 5) is 12.5. The summed E-state index contributed by atoms with van der Waals surface area (Å²) in [5.41, 5.74) is 4.36. The van der Waals surface area contributed by atoms with Gasteiger partial charge in [0.25, 0.3) is 0 Å². The Bertz CT molecular complexity index is 171. The number of nitrogens with two attached hydrogens (primary N) is 1. The number of aliphatic carboxylic acids is 1. The van der Waals surface area contributed by atoms with Gasteiger partial charge in [-0.15, -0.1) is 0 Å². The first-order valence-electron chi connectivity index (χ1n) is 4.10. The number of hydrogen-bond donors (Lipinski definition) is 2. The second kappa shape index (κ2) is 5.16. The van der Waals surface area contributed by atoms with E-state index in [9.17, 15) is 4.79 Å². The highest BCUT2D eigenvalue weighted by Gasteiger charge is 2.28. The number of carbonyl (C=O) groups is 1. The molecule has 0 aromatic rings. The van der Waals surface area contributed by atoms with E-state index in [2.05, 4.69) is 0 Å². The van der Waals surface area contributed by atoms with Crippen LogP contribution in [0, 0.1) is 0 Å². The normalized spacial score (nSPS) is 15.8. The van der Waals surface area contributed by atoms with E-state index in [1.54, 1.807) is 7.11 Å². The number of hydrogen-bond acceptors (Lipinski definition) is 4. The fraction of sp³-hybridized carbons (Fsp3) is 0.875. The summed E-state index contributed by atoms with van der Waals surface area (Å²) < 4.78 is 4.86. The zero-order valence-corrected chi connectivity index (χ0v) is 8.41. The quantitative estimate of drug-likeness (QED) is 0.583. The zero-order chi connectivity index (χ0) is 10.5. The molecule has 0 aromatic heterocycles. The van der Waals surface area contributed by atoms with Crippen LogP contribution in [0.2, 0.25) is 0 Å². The van der Waals surface area contributed by atoms with Crippen LogP contribution in [-0.4, -0.2) is 55.4 Å². The van der Waals surface area contributed by atoms with E-state index in [1.807, 2.05) is 11.9 Å². The number of methoxy groups -OCH3 is 1. The fourth-order valence-electron chi connectivity index (χ4n) is 0.955. The van der Waals surface area contributed by atoms with Crippen LogP contribution < -0.4 is 5.73 Å². The molecule has 0 heterocycles. The molecule has 0 saturated carbocycles. The van der Waals surface area contributed by atoms with Crippen LogP contribution in [-0.2, 0) is 9.53 Å². The summed E-state index contributed by atoms with van der Waals surface area (Å²) in [6.07, 6.45) is 0. The van der Waals surface area contributed by atoms with Crippen LogP contribution >= 0.6 is 0 Å². The summed E-state index contributed by atoms with van der Waals surface area (Å²) in [7, 11) is 3.42. The first kappa shape index (κ1) is 12.3. The molecule has 0 radical (unpaired) electrons. The van der Waals surface area contributed by atoms with Gasteiger partial charge in [0.15, 0.2) is 0 Å². The first-order chi connectivity index (χ1) is 5.90. The van der Waals surface area contributed by atoms with E-state index in [0.29, 0.717) is 19.7 Å². The Morgan fingerprint density at radius 2 is 2.23 bits per heavy atom. The Morgan fingerprint density at radius 3 is 2.62 bits per heavy atom. The lowest BCUT2D eigenvalue weighted by atomic mass is 10.0. The van der Waals surface area contributed by atoms with E-state index in [0.717, 1.165) is 0 Å². The van der Waals surface area contributed by atoms with Crippen molar-refractivity contribution in [1.29, 1.82) is 0 Å². The number of carboxylic acid groups (broad SMARTS) is 1. The average molecular weight is 190 g/mol.